The average molecular weight is 229 g/mol. The molecule has 2 nitrogen and oxygen atoms in total. The Morgan fingerprint density at radius 1 is 1.47 bits per heavy atom. The number of hydrogen-bond donors (Lipinski definition) is 1. The second-order valence-corrected chi connectivity index (χ2v) is 5.49. The number of hydrogen-bond acceptors (Lipinski definition) is 2. The third-order valence-electron chi connectivity index (χ3n) is 2.19. The predicted octanol–water partition coefficient (Wildman–Crippen LogP) is 2.70. The lowest BCUT2D eigenvalue weighted by Crippen LogP contribution is -2.11. The smallest absolute Gasteiger partial charge is 0.126 e. The number of anilines is 1. The highest BCUT2D eigenvalue weighted by atomic mass is 32.2. The maximum atomic E-state index is 13.0. The molecule has 2 N–H and O–H groups in total. The molecule has 2 atom stereocenters. The quantitative estimate of drug-likeness (QED) is 0.807. The normalized spacial score (nSPS) is 14.9. The minimum atomic E-state index is -1.17. The molecule has 0 spiro atoms. The molecular formula is C11H16FNOS. The van der Waals surface area contributed by atoms with Gasteiger partial charge in [-0.25, -0.2) is 4.39 Å². The third kappa shape index (κ3) is 3.30. The molecular weight excluding hydrogens is 213 g/mol. The first-order valence-corrected chi connectivity index (χ1v) is 6.22. The van der Waals surface area contributed by atoms with Crippen LogP contribution in [0, 0.1) is 5.82 Å². The Bertz CT molecular complexity index is 347. The SMILES string of the molecule is CCCC(C)S(=O)c1cc(N)cc(F)c1. The lowest BCUT2D eigenvalue weighted by atomic mass is 10.3. The van der Waals surface area contributed by atoms with Crippen LogP contribution in [0.2, 0.25) is 0 Å². The van der Waals surface area contributed by atoms with Crippen molar-refractivity contribution >= 4 is 16.5 Å². The summed E-state index contributed by atoms with van der Waals surface area (Å²) >= 11 is 0. The van der Waals surface area contributed by atoms with Gasteiger partial charge in [0.1, 0.15) is 5.82 Å². The Morgan fingerprint density at radius 2 is 2.13 bits per heavy atom. The second-order valence-electron chi connectivity index (χ2n) is 3.62. The van der Waals surface area contributed by atoms with Gasteiger partial charge in [-0.05, 0) is 24.6 Å². The van der Waals surface area contributed by atoms with Crippen molar-refractivity contribution in [3.63, 3.8) is 0 Å². The van der Waals surface area contributed by atoms with E-state index in [1.165, 1.54) is 12.1 Å². The van der Waals surface area contributed by atoms with Crippen LogP contribution < -0.4 is 5.73 Å². The highest BCUT2D eigenvalue weighted by Crippen LogP contribution is 2.19. The van der Waals surface area contributed by atoms with Gasteiger partial charge >= 0.3 is 0 Å². The first-order chi connectivity index (χ1) is 7.04. The largest absolute Gasteiger partial charge is 0.399 e. The Hall–Kier alpha value is -0.900. The molecule has 0 heterocycles. The minimum Gasteiger partial charge on any atom is -0.399 e. The van der Waals surface area contributed by atoms with Crippen molar-refractivity contribution in [2.75, 3.05) is 5.73 Å². The van der Waals surface area contributed by atoms with Gasteiger partial charge in [0.15, 0.2) is 0 Å². The van der Waals surface area contributed by atoms with Crippen molar-refractivity contribution in [1.29, 1.82) is 0 Å². The van der Waals surface area contributed by atoms with E-state index in [2.05, 4.69) is 0 Å². The fraction of sp³-hybridized carbons (Fsp3) is 0.455. The van der Waals surface area contributed by atoms with Crippen molar-refractivity contribution in [2.24, 2.45) is 0 Å². The van der Waals surface area contributed by atoms with Crippen LogP contribution in [0.3, 0.4) is 0 Å². The molecule has 0 saturated heterocycles. The van der Waals surface area contributed by atoms with E-state index in [1.807, 2.05) is 13.8 Å². The number of rotatable bonds is 4. The van der Waals surface area contributed by atoms with Gasteiger partial charge in [0.25, 0.3) is 0 Å². The van der Waals surface area contributed by atoms with Gasteiger partial charge in [0.05, 0.1) is 10.8 Å². The molecule has 4 heteroatoms. The summed E-state index contributed by atoms with van der Waals surface area (Å²) in [4.78, 5) is 0.480. The third-order valence-corrected chi connectivity index (χ3v) is 3.85. The van der Waals surface area contributed by atoms with E-state index in [9.17, 15) is 8.60 Å². The van der Waals surface area contributed by atoms with Crippen LogP contribution in [-0.2, 0) is 10.8 Å². The molecule has 0 bridgehead atoms. The summed E-state index contributed by atoms with van der Waals surface area (Å²) in [5, 5.41) is 0.0381. The van der Waals surface area contributed by atoms with Gasteiger partial charge in [0.2, 0.25) is 0 Å². The molecule has 1 aromatic carbocycles. The Balaban J connectivity index is 2.90. The Labute approximate surface area is 92.1 Å². The summed E-state index contributed by atoms with van der Waals surface area (Å²) in [5.41, 5.74) is 5.82. The highest BCUT2D eigenvalue weighted by molar-refractivity contribution is 7.85. The van der Waals surface area contributed by atoms with E-state index in [1.54, 1.807) is 6.07 Å². The first kappa shape index (κ1) is 12.2. The topological polar surface area (TPSA) is 43.1 Å². The standard InChI is InChI=1S/C11H16FNOS/c1-3-4-8(2)15(14)11-6-9(12)5-10(13)7-11/h5-8H,3-4,13H2,1-2H3. The summed E-state index contributed by atoms with van der Waals surface area (Å²) in [7, 11) is -1.17. The van der Waals surface area contributed by atoms with Gasteiger partial charge in [-0.1, -0.05) is 20.3 Å². The summed E-state index contributed by atoms with van der Waals surface area (Å²) in [6.07, 6.45) is 1.83. The van der Waals surface area contributed by atoms with Gasteiger partial charge < -0.3 is 5.73 Å². The van der Waals surface area contributed by atoms with E-state index in [4.69, 9.17) is 5.73 Å². The van der Waals surface area contributed by atoms with Crippen LogP contribution in [0.25, 0.3) is 0 Å². The van der Waals surface area contributed by atoms with Gasteiger partial charge in [-0.15, -0.1) is 0 Å². The molecule has 0 aliphatic heterocycles. The van der Waals surface area contributed by atoms with Crippen LogP contribution in [-0.4, -0.2) is 9.46 Å². The lowest BCUT2D eigenvalue weighted by molar-refractivity contribution is 0.622. The zero-order chi connectivity index (χ0) is 11.4. The highest BCUT2D eigenvalue weighted by Gasteiger charge is 2.13. The fourth-order valence-corrected chi connectivity index (χ4v) is 2.84. The van der Waals surface area contributed by atoms with Crippen molar-refractivity contribution < 1.29 is 8.60 Å². The van der Waals surface area contributed by atoms with Gasteiger partial charge in [-0.3, -0.25) is 4.21 Å². The van der Waals surface area contributed by atoms with Crippen LogP contribution in [0.1, 0.15) is 26.7 Å². The van der Waals surface area contributed by atoms with E-state index < -0.39 is 16.6 Å². The van der Waals surface area contributed by atoms with Crippen LogP contribution in [0.4, 0.5) is 10.1 Å². The Morgan fingerprint density at radius 3 is 2.67 bits per heavy atom. The maximum Gasteiger partial charge on any atom is 0.126 e. The molecule has 1 rings (SSSR count). The molecule has 0 amide bonds. The minimum absolute atomic E-state index is 0.0381. The molecule has 2 unspecified atom stereocenters. The lowest BCUT2D eigenvalue weighted by Gasteiger charge is -2.10. The second kappa shape index (κ2) is 5.26. The van der Waals surface area contributed by atoms with E-state index in [0.717, 1.165) is 12.8 Å². The van der Waals surface area contributed by atoms with Crippen molar-refractivity contribution in [2.45, 2.75) is 36.8 Å². The monoisotopic (exact) mass is 229 g/mol. The van der Waals surface area contributed by atoms with E-state index in [0.29, 0.717) is 10.6 Å². The molecule has 84 valence electrons. The zero-order valence-electron chi connectivity index (χ0n) is 9.00. The average Bonchev–Trinajstić information content (AvgIpc) is 2.15. The number of nitrogen functional groups attached to an aromatic ring is 1. The summed E-state index contributed by atoms with van der Waals surface area (Å²) in [5.74, 6) is -0.429. The van der Waals surface area contributed by atoms with Crippen molar-refractivity contribution in [3.05, 3.63) is 24.0 Å². The molecule has 0 saturated carbocycles. The number of benzene rings is 1. The molecule has 0 aromatic heterocycles. The summed E-state index contributed by atoms with van der Waals surface area (Å²) in [6.45, 7) is 3.94. The first-order valence-electron chi connectivity index (χ1n) is 5.01. The Kier molecular flexibility index (Phi) is 4.27. The summed E-state index contributed by atoms with van der Waals surface area (Å²) < 4.78 is 25.0. The molecule has 0 fully saturated rings. The van der Waals surface area contributed by atoms with Crippen LogP contribution in [0.15, 0.2) is 23.1 Å². The van der Waals surface area contributed by atoms with E-state index >= 15 is 0 Å². The van der Waals surface area contributed by atoms with Gasteiger partial charge in [0, 0.05) is 15.8 Å². The summed E-state index contributed by atoms with van der Waals surface area (Å²) in [6, 6.07) is 4.09. The molecule has 0 aliphatic carbocycles. The molecule has 0 aliphatic rings. The maximum absolute atomic E-state index is 13.0. The predicted molar refractivity (Wildman–Crippen MR) is 61.6 cm³/mol. The van der Waals surface area contributed by atoms with Gasteiger partial charge in [-0.2, -0.15) is 0 Å². The number of halogens is 1. The van der Waals surface area contributed by atoms with Crippen LogP contribution in [0.5, 0.6) is 0 Å². The number of nitrogens with two attached hydrogens (primary N) is 1. The van der Waals surface area contributed by atoms with E-state index in [-0.39, 0.29) is 5.25 Å². The molecule has 0 radical (unpaired) electrons. The molecule has 15 heavy (non-hydrogen) atoms. The van der Waals surface area contributed by atoms with Crippen LogP contribution >= 0.6 is 0 Å². The molecule has 1 aromatic rings. The van der Waals surface area contributed by atoms with Crippen molar-refractivity contribution in [1.82, 2.24) is 0 Å². The zero-order valence-corrected chi connectivity index (χ0v) is 9.81. The van der Waals surface area contributed by atoms with Crippen molar-refractivity contribution in [3.8, 4) is 0 Å². The fourth-order valence-electron chi connectivity index (χ4n) is 1.45.